The topological polar surface area (TPSA) is 28.2 Å². The lowest BCUT2D eigenvalue weighted by Gasteiger charge is -2.25. The fourth-order valence-corrected chi connectivity index (χ4v) is 2.22. The number of hydrogen-bond donors (Lipinski definition) is 1. The maximum absolute atomic E-state index is 13.5. The molecule has 1 heterocycles. The summed E-state index contributed by atoms with van der Waals surface area (Å²) in [5, 5.41) is 3.40. The molecule has 0 fully saturated rings. The number of anilines is 2. The number of aromatic nitrogens is 1. The number of halogens is 1. The van der Waals surface area contributed by atoms with Crippen molar-refractivity contribution in [2.24, 2.45) is 0 Å². The highest BCUT2D eigenvalue weighted by Gasteiger charge is 2.13. The predicted octanol–water partition coefficient (Wildman–Crippen LogP) is 3.88. The van der Waals surface area contributed by atoms with Crippen molar-refractivity contribution in [2.45, 2.75) is 33.4 Å². The van der Waals surface area contributed by atoms with Crippen LogP contribution in [0.25, 0.3) is 0 Å². The lowest BCUT2D eigenvalue weighted by atomic mass is 10.2. The van der Waals surface area contributed by atoms with Crippen molar-refractivity contribution in [1.29, 1.82) is 0 Å². The first-order valence-electron chi connectivity index (χ1n) is 7.32. The van der Waals surface area contributed by atoms with Crippen molar-refractivity contribution < 1.29 is 4.39 Å². The zero-order valence-corrected chi connectivity index (χ0v) is 12.8. The van der Waals surface area contributed by atoms with Crippen LogP contribution in [0.3, 0.4) is 0 Å². The van der Waals surface area contributed by atoms with E-state index < -0.39 is 0 Å². The molecule has 1 N–H and O–H groups in total. The van der Waals surface area contributed by atoms with E-state index in [9.17, 15) is 4.39 Å². The summed E-state index contributed by atoms with van der Waals surface area (Å²) in [6.45, 7) is 7.74. The minimum absolute atomic E-state index is 0.233. The van der Waals surface area contributed by atoms with Crippen LogP contribution in [0.15, 0.2) is 42.6 Å². The molecule has 0 amide bonds. The third-order valence-corrected chi connectivity index (χ3v) is 3.26. The molecular formula is C17H22FN3. The van der Waals surface area contributed by atoms with E-state index in [2.05, 4.69) is 30.2 Å². The lowest BCUT2D eigenvalue weighted by molar-refractivity contribution is 0.587. The van der Waals surface area contributed by atoms with Gasteiger partial charge in [0.2, 0.25) is 0 Å². The first-order chi connectivity index (χ1) is 10.1. The molecule has 1 aromatic heterocycles. The van der Waals surface area contributed by atoms with Crippen molar-refractivity contribution in [3.8, 4) is 0 Å². The van der Waals surface area contributed by atoms with Gasteiger partial charge in [-0.3, -0.25) is 0 Å². The van der Waals surface area contributed by atoms with E-state index in [-0.39, 0.29) is 5.82 Å². The number of hydrogen-bond acceptors (Lipinski definition) is 3. The van der Waals surface area contributed by atoms with E-state index in [1.54, 1.807) is 12.3 Å². The maximum Gasteiger partial charge on any atom is 0.137 e. The predicted molar refractivity (Wildman–Crippen MR) is 85.3 cm³/mol. The van der Waals surface area contributed by atoms with Crippen LogP contribution in [0.2, 0.25) is 0 Å². The largest absolute Gasteiger partial charge is 0.326 e. The molecule has 2 rings (SSSR count). The minimum atomic E-state index is -0.233. The van der Waals surface area contributed by atoms with Gasteiger partial charge in [-0.15, -0.1) is 0 Å². The van der Waals surface area contributed by atoms with Crippen LogP contribution in [-0.4, -0.2) is 17.6 Å². The average Bonchev–Trinajstić information content (AvgIpc) is 2.47. The van der Waals surface area contributed by atoms with Crippen LogP contribution >= 0.6 is 0 Å². The third-order valence-electron chi connectivity index (χ3n) is 3.26. The molecule has 1 aromatic carbocycles. The second-order valence-corrected chi connectivity index (χ2v) is 5.25. The number of nitrogens with zero attached hydrogens (tertiary/aromatic N) is 2. The van der Waals surface area contributed by atoms with Crippen molar-refractivity contribution in [1.82, 2.24) is 10.3 Å². The number of pyridine rings is 1. The molecule has 0 spiro atoms. The molecule has 0 saturated heterocycles. The summed E-state index contributed by atoms with van der Waals surface area (Å²) in [7, 11) is 0. The SMILES string of the molecule is CCN(c1cccc(F)c1)c1ncccc1CNC(C)C. The van der Waals surface area contributed by atoms with Crippen LogP contribution in [0.4, 0.5) is 15.9 Å². The Morgan fingerprint density at radius 3 is 2.71 bits per heavy atom. The molecule has 0 atom stereocenters. The fraction of sp³-hybridized carbons (Fsp3) is 0.353. The minimum Gasteiger partial charge on any atom is -0.326 e. The van der Waals surface area contributed by atoms with Gasteiger partial charge in [0.05, 0.1) is 0 Å². The van der Waals surface area contributed by atoms with Crippen molar-refractivity contribution in [3.63, 3.8) is 0 Å². The highest BCUT2D eigenvalue weighted by Crippen LogP contribution is 2.26. The Labute approximate surface area is 125 Å². The van der Waals surface area contributed by atoms with Crippen LogP contribution in [0.1, 0.15) is 26.3 Å². The summed E-state index contributed by atoms with van der Waals surface area (Å²) < 4.78 is 13.5. The van der Waals surface area contributed by atoms with E-state index in [1.165, 1.54) is 12.1 Å². The summed E-state index contributed by atoms with van der Waals surface area (Å²) in [5.74, 6) is 0.641. The van der Waals surface area contributed by atoms with Crippen molar-refractivity contribution in [3.05, 3.63) is 54.0 Å². The van der Waals surface area contributed by atoms with E-state index in [0.29, 0.717) is 6.04 Å². The van der Waals surface area contributed by atoms with Crippen molar-refractivity contribution in [2.75, 3.05) is 11.4 Å². The summed E-state index contributed by atoms with van der Waals surface area (Å²) in [6.07, 6.45) is 1.77. The van der Waals surface area contributed by atoms with E-state index >= 15 is 0 Å². The number of nitrogens with one attached hydrogen (secondary N) is 1. The summed E-state index contributed by atoms with van der Waals surface area (Å²) in [4.78, 5) is 6.53. The molecule has 0 aliphatic carbocycles. The highest BCUT2D eigenvalue weighted by atomic mass is 19.1. The molecule has 2 aromatic rings. The molecule has 0 aliphatic rings. The second-order valence-electron chi connectivity index (χ2n) is 5.25. The maximum atomic E-state index is 13.5. The molecule has 0 radical (unpaired) electrons. The fourth-order valence-electron chi connectivity index (χ4n) is 2.22. The van der Waals surface area contributed by atoms with Crippen LogP contribution in [-0.2, 0) is 6.54 Å². The summed E-state index contributed by atoms with van der Waals surface area (Å²) in [6, 6.07) is 11.0. The van der Waals surface area contributed by atoms with Crippen LogP contribution < -0.4 is 10.2 Å². The van der Waals surface area contributed by atoms with Crippen LogP contribution in [0, 0.1) is 5.82 Å². The Kier molecular flexibility index (Phi) is 5.28. The molecule has 0 unspecified atom stereocenters. The first kappa shape index (κ1) is 15.4. The molecule has 4 heteroatoms. The van der Waals surface area contributed by atoms with Gasteiger partial charge in [-0.05, 0) is 31.2 Å². The zero-order valence-electron chi connectivity index (χ0n) is 12.8. The standard InChI is InChI=1S/C17H22FN3/c1-4-21(16-9-5-8-15(18)11-16)17-14(7-6-10-19-17)12-20-13(2)3/h5-11,13,20H,4,12H2,1-3H3. The van der Waals surface area contributed by atoms with Gasteiger partial charge in [-0.1, -0.05) is 26.0 Å². The Bertz CT molecular complexity index is 584. The third kappa shape index (κ3) is 4.02. The van der Waals surface area contributed by atoms with E-state index in [4.69, 9.17) is 0 Å². The number of rotatable bonds is 6. The van der Waals surface area contributed by atoms with Gasteiger partial charge in [0, 0.05) is 36.6 Å². The summed E-state index contributed by atoms with van der Waals surface area (Å²) >= 11 is 0. The highest BCUT2D eigenvalue weighted by molar-refractivity contribution is 5.62. The molecule has 0 aliphatic heterocycles. The first-order valence-corrected chi connectivity index (χ1v) is 7.32. The lowest BCUT2D eigenvalue weighted by Crippen LogP contribution is -2.25. The number of benzene rings is 1. The Morgan fingerprint density at radius 2 is 2.05 bits per heavy atom. The van der Waals surface area contributed by atoms with Crippen LogP contribution in [0.5, 0.6) is 0 Å². The van der Waals surface area contributed by atoms with Gasteiger partial charge in [0.15, 0.2) is 0 Å². The van der Waals surface area contributed by atoms with Gasteiger partial charge in [0.25, 0.3) is 0 Å². The van der Waals surface area contributed by atoms with Gasteiger partial charge in [0.1, 0.15) is 11.6 Å². The molecule has 21 heavy (non-hydrogen) atoms. The van der Waals surface area contributed by atoms with Gasteiger partial charge < -0.3 is 10.2 Å². The van der Waals surface area contributed by atoms with E-state index in [0.717, 1.165) is 30.2 Å². The smallest absolute Gasteiger partial charge is 0.137 e. The zero-order chi connectivity index (χ0) is 15.2. The Hall–Kier alpha value is -1.94. The second kappa shape index (κ2) is 7.18. The summed E-state index contributed by atoms with van der Waals surface area (Å²) in [5.41, 5.74) is 1.93. The van der Waals surface area contributed by atoms with Gasteiger partial charge >= 0.3 is 0 Å². The molecule has 0 bridgehead atoms. The van der Waals surface area contributed by atoms with Crippen molar-refractivity contribution >= 4 is 11.5 Å². The molecule has 112 valence electrons. The van der Waals surface area contributed by atoms with Gasteiger partial charge in [-0.2, -0.15) is 0 Å². The quantitative estimate of drug-likeness (QED) is 0.874. The van der Waals surface area contributed by atoms with Gasteiger partial charge in [-0.25, -0.2) is 9.37 Å². The molecular weight excluding hydrogens is 265 g/mol. The molecule has 3 nitrogen and oxygen atoms in total. The normalized spacial score (nSPS) is 10.9. The van der Waals surface area contributed by atoms with E-state index in [1.807, 2.05) is 24.0 Å². The monoisotopic (exact) mass is 287 g/mol. The molecule has 0 saturated carbocycles. The Morgan fingerprint density at radius 1 is 1.24 bits per heavy atom. The Balaban J connectivity index is 2.33. The average molecular weight is 287 g/mol.